The lowest BCUT2D eigenvalue weighted by Gasteiger charge is -2.29. The van der Waals surface area contributed by atoms with E-state index in [1.165, 1.54) is 24.8 Å². The maximum absolute atomic E-state index is 5.47. The van der Waals surface area contributed by atoms with Crippen LogP contribution in [0.4, 0.5) is 0 Å². The van der Waals surface area contributed by atoms with Crippen LogP contribution in [-0.4, -0.2) is 7.05 Å². The Morgan fingerprint density at radius 2 is 2.15 bits per heavy atom. The van der Waals surface area contributed by atoms with Gasteiger partial charge in [0, 0.05) is 11.6 Å². The zero-order valence-electron chi connectivity index (χ0n) is 12.4. The monoisotopic (exact) mass is 269 g/mol. The highest BCUT2D eigenvalue weighted by atomic mass is 16.3. The molecule has 106 valence electrons. The van der Waals surface area contributed by atoms with Crippen LogP contribution in [0.2, 0.25) is 0 Å². The Morgan fingerprint density at radius 1 is 1.30 bits per heavy atom. The van der Waals surface area contributed by atoms with Gasteiger partial charge in [0.1, 0.15) is 5.76 Å². The lowest BCUT2D eigenvalue weighted by Crippen LogP contribution is -2.21. The number of aryl methyl sites for hydroxylation is 2. The van der Waals surface area contributed by atoms with Gasteiger partial charge in [-0.15, -0.1) is 0 Å². The highest BCUT2D eigenvalue weighted by Crippen LogP contribution is 2.38. The highest BCUT2D eigenvalue weighted by molar-refractivity contribution is 5.33. The summed E-state index contributed by atoms with van der Waals surface area (Å²) < 4.78 is 5.47. The predicted octanol–water partition coefficient (Wildman–Crippen LogP) is 4.36. The minimum Gasteiger partial charge on any atom is -0.469 e. The lowest BCUT2D eigenvalue weighted by molar-refractivity contribution is 0.432. The van der Waals surface area contributed by atoms with Gasteiger partial charge in [-0.25, -0.2) is 0 Å². The van der Waals surface area contributed by atoms with Gasteiger partial charge in [-0.2, -0.15) is 0 Å². The van der Waals surface area contributed by atoms with E-state index < -0.39 is 0 Å². The number of hydrogen-bond acceptors (Lipinski definition) is 2. The molecule has 0 fully saturated rings. The molecule has 2 aromatic rings. The Balaban J connectivity index is 1.82. The largest absolute Gasteiger partial charge is 0.469 e. The number of hydrogen-bond donors (Lipinski definition) is 1. The predicted molar refractivity (Wildman–Crippen MR) is 82.0 cm³/mol. The Hall–Kier alpha value is -1.54. The Kier molecular flexibility index (Phi) is 3.93. The topological polar surface area (TPSA) is 25.2 Å². The number of rotatable bonds is 4. The molecular formula is C18H23NO. The van der Waals surface area contributed by atoms with Crippen molar-refractivity contribution in [2.45, 2.75) is 44.6 Å². The summed E-state index contributed by atoms with van der Waals surface area (Å²) in [6.45, 7) is 2.05. The molecule has 1 aromatic carbocycles. The number of benzene rings is 1. The second-order valence-corrected chi connectivity index (χ2v) is 5.80. The Labute approximate surface area is 121 Å². The second-order valence-electron chi connectivity index (χ2n) is 5.80. The van der Waals surface area contributed by atoms with Gasteiger partial charge in [0.25, 0.3) is 0 Å². The molecule has 2 unspecified atom stereocenters. The zero-order valence-corrected chi connectivity index (χ0v) is 12.4. The third-order valence-electron chi connectivity index (χ3n) is 4.64. The number of furan rings is 1. The Morgan fingerprint density at radius 3 is 2.90 bits per heavy atom. The van der Waals surface area contributed by atoms with E-state index in [1.807, 2.05) is 7.05 Å². The summed E-state index contributed by atoms with van der Waals surface area (Å²) in [5, 5.41) is 3.46. The summed E-state index contributed by atoms with van der Waals surface area (Å²) in [5.74, 6) is 1.69. The zero-order chi connectivity index (χ0) is 13.9. The third-order valence-corrected chi connectivity index (χ3v) is 4.64. The summed E-state index contributed by atoms with van der Waals surface area (Å²) in [6, 6.07) is 11.4. The molecule has 0 saturated heterocycles. The molecule has 2 nitrogen and oxygen atoms in total. The second kappa shape index (κ2) is 5.84. The van der Waals surface area contributed by atoms with E-state index in [9.17, 15) is 0 Å². The minimum absolute atomic E-state index is 0.380. The SMILES string of the molecule is CNC(CC1CCCc2ccccc21)c1ccoc1C. The molecule has 0 amide bonds. The molecule has 1 aliphatic rings. The molecule has 3 rings (SSSR count). The quantitative estimate of drug-likeness (QED) is 0.892. The van der Waals surface area contributed by atoms with Crippen molar-refractivity contribution in [3.8, 4) is 0 Å². The van der Waals surface area contributed by atoms with Gasteiger partial charge in [0.15, 0.2) is 0 Å². The van der Waals surface area contributed by atoms with E-state index in [2.05, 4.69) is 42.6 Å². The molecule has 20 heavy (non-hydrogen) atoms. The minimum atomic E-state index is 0.380. The van der Waals surface area contributed by atoms with Crippen LogP contribution >= 0.6 is 0 Å². The molecule has 0 aliphatic heterocycles. The molecule has 0 radical (unpaired) electrons. The number of fused-ring (bicyclic) bond motifs is 1. The summed E-state index contributed by atoms with van der Waals surface area (Å²) in [5.41, 5.74) is 4.40. The van der Waals surface area contributed by atoms with Crippen molar-refractivity contribution in [3.63, 3.8) is 0 Å². The van der Waals surface area contributed by atoms with Crippen LogP contribution in [0.1, 0.15) is 53.7 Å². The van der Waals surface area contributed by atoms with E-state index in [1.54, 1.807) is 17.4 Å². The molecule has 0 spiro atoms. The van der Waals surface area contributed by atoms with Crippen molar-refractivity contribution >= 4 is 0 Å². The van der Waals surface area contributed by atoms with Crippen molar-refractivity contribution < 1.29 is 4.42 Å². The fourth-order valence-corrected chi connectivity index (χ4v) is 3.54. The van der Waals surface area contributed by atoms with E-state index in [0.29, 0.717) is 12.0 Å². The van der Waals surface area contributed by atoms with Gasteiger partial charge in [-0.3, -0.25) is 0 Å². The highest BCUT2D eigenvalue weighted by Gasteiger charge is 2.24. The van der Waals surface area contributed by atoms with E-state index in [0.717, 1.165) is 12.2 Å². The summed E-state index contributed by atoms with van der Waals surface area (Å²) in [4.78, 5) is 0. The van der Waals surface area contributed by atoms with Crippen molar-refractivity contribution in [2.75, 3.05) is 7.05 Å². The fraction of sp³-hybridized carbons (Fsp3) is 0.444. The van der Waals surface area contributed by atoms with Crippen LogP contribution in [0.5, 0.6) is 0 Å². The van der Waals surface area contributed by atoms with Gasteiger partial charge in [0.2, 0.25) is 0 Å². The summed E-state index contributed by atoms with van der Waals surface area (Å²) in [7, 11) is 2.05. The van der Waals surface area contributed by atoms with Gasteiger partial charge in [-0.1, -0.05) is 24.3 Å². The first kappa shape index (κ1) is 13.4. The fourth-order valence-electron chi connectivity index (χ4n) is 3.54. The smallest absolute Gasteiger partial charge is 0.105 e. The third kappa shape index (κ3) is 2.53. The maximum Gasteiger partial charge on any atom is 0.105 e. The van der Waals surface area contributed by atoms with Crippen LogP contribution < -0.4 is 5.32 Å². The van der Waals surface area contributed by atoms with Gasteiger partial charge >= 0.3 is 0 Å². The van der Waals surface area contributed by atoms with E-state index >= 15 is 0 Å². The first-order valence-electron chi connectivity index (χ1n) is 7.58. The van der Waals surface area contributed by atoms with Crippen molar-refractivity contribution in [1.82, 2.24) is 5.32 Å². The van der Waals surface area contributed by atoms with Gasteiger partial charge in [0.05, 0.1) is 6.26 Å². The van der Waals surface area contributed by atoms with Crippen molar-refractivity contribution in [1.29, 1.82) is 0 Å². The average molecular weight is 269 g/mol. The van der Waals surface area contributed by atoms with Crippen LogP contribution in [0.15, 0.2) is 41.0 Å². The van der Waals surface area contributed by atoms with Crippen LogP contribution in [0.25, 0.3) is 0 Å². The molecule has 0 saturated carbocycles. The molecule has 1 aliphatic carbocycles. The van der Waals surface area contributed by atoms with E-state index in [-0.39, 0.29) is 0 Å². The summed E-state index contributed by atoms with van der Waals surface area (Å²) in [6.07, 6.45) is 6.79. The Bertz CT molecular complexity index is 572. The molecule has 1 heterocycles. The van der Waals surface area contributed by atoms with Crippen LogP contribution in [-0.2, 0) is 6.42 Å². The summed E-state index contributed by atoms with van der Waals surface area (Å²) >= 11 is 0. The van der Waals surface area contributed by atoms with E-state index in [4.69, 9.17) is 4.42 Å². The first-order chi connectivity index (χ1) is 9.79. The molecule has 0 bridgehead atoms. The molecule has 1 aromatic heterocycles. The van der Waals surface area contributed by atoms with Crippen molar-refractivity contribution in [2.24, 2.45) is 0 Å². The van der Waals surface area contributed by atoms with Crippen LogP contribution in [0.3, 0.4) is 0 Å². The lowest BCUT2D eigenvalue weighted by atomic mass is 9.79. The maximum atomic E-state index is 5.47. The average Bonchev–Trinajstić information content (AvgIpc) is 2.91. The molecule has 2 heteroatoms. The first-order valence-corrected chi connectivity index (χ1v) is 7.58. The molecule has 2 atom stereocenters. The van der Waals surface area contributed by atoms with Crippen LogP contribution in [0, 0.1) is 6.92 Å². The molecular weight excluding hydrogens is 246 g/mol. The van der Waals surface area contributed by atoms with Crippen molar-refractivity contribution in [3.05, 3.63) is 59.0 Å². The standard InChI is InChI=1S/C18H23NO/c1-13-16(10-11-20-13)18(19-2)12-15-8-5-7-14-6-3-4-9-17(14)15/h3-4,6,9-11,15,18-19H,5,7-8,12H2,1-2H3. The number of nitrogens with one attached hydrogen (secondary N) is 1. The molecule has 1 N–H and O–H groups in total. The normalized spacial score (nSPS) is 19.6. The van der Waals surface area contributed by atoms with Gasteiger partial charge < -0.3 is 9.73 Å². The van der Waals surface area contributed by atoms with Gasteiger partial charge in [-0.05, 0) is 62.8 Å².